The Kier molecular flexibility index (Phi) is 6.15. The molecule has 0 aliphatic carbocycles. The first-order valence-corrected chi connectivity index (χ1v) is 6.36. The van der Waals surface area contributed by atoms with Gasteiger partial charge in [-0.05, 0) is 31.5 Å². The van der Waals surface area contributed by atoms with E-state index in [1.807, 2.05) is 19.1 Å². The van der Waals surface area contributed by atoms with Crippen LogP contribution in [0.3, 0.4) is 0 Å². The van der Waals surface area contributed by atoms with Gasteiger partial charge in [-0.15, -0.1) is 0 Å². The van der Waals surface area contributed by atoms with Crippen LogP contribution in [-0.2, 0) is 9.53 Å². The summed E-state index contributed by atoms with van der Waals surface area (Å²) in [6.45, 7) is 3.70. The second-order valence-corrected chi connectivity index (χ2v) is 4.34. The molecule has 19 heavy (non-hydrogen) atoms. The third-order valence-corrected chi connectivity index (χ3v) is 2.67. The summed E-state index contributed by atoms with van der Waals surface area (Å²) in [6, 6.07) is 6.57. The van der Waals surface area contributed by atoms with Crippen molar-refractivity contribution in [2.75, 3.05) is 13.2 Å². The van der Waals surface area contributed by atoms with Crippen LogP contribution >= 0.6 is 11.6 Å². The maximum absolute atomic E-state index is 11.5. The van der Waals surface area contributed by atoms with Gasteiger partial charge in [-0.2, -0.15) is 0 Å². The fourth-order valence-corrected chi connectivity index (χ4v) is 1.57. The molecule has 0 saturated heterocycles. The van der Waals surface area contributed by atoms with E-state index >= 15 is 0 Å². The first-order chi connectivity index (χ1) is 9.02. The number of urea groups is 1. The predicted octanol–water partition coefficient (Wildman–Crippen LogP) is 2.26. The lowest BCUT2D eigenvalue weighted by atomic mass is 10.1. The van der Waals surface area contributed by atoms with Crippen molar-refractivity contribution in [3.8, 4) is 0 Å². The van der Waals surface area contributed by atoms with Crippen molar-refractivity contribution in [1.82, 2.24) is 10.6 Å². The Bertz CT molecular complexity index is 434. The number of benzene rings is 1. The van der Waals surface area contributed by atoms with Gasteiger partial charge in [0.25, 0.3) is 0 Å². The Morgan fingerprint density at radius 2 is 1.95 bits per heavy atom. The summed E-state index contributed by atoms with van der Waals surface area (Å²) >= 11 is 5.79. The van der Waals surface area contributed by atoms with Gasteiger partial charge in [0.05, 0.1) is 12.6 Å². The summed E-state index contributed by atoms with van der Waals surface area (Å²) in [5.74, 6) is -0.461. The van der Waals surface area contributed by atoms with Crippen LogP contribution in [0.15, 0.2) is 24.3 Å². The summed E-state index contributed by atoms with van der Waals surface area (Å²) in [5, 5.41) is 5.78. The Balaban J connectivity index is 2.39. The number of hydrogen-bond donors (Lipinski definition) is 2. The van der Waals surface area contributed by atoms with Crippen molar-refractivity contribution in [3.63, 3.8) is 0 Å². The quantitative estimate of drug-likeness (QED) is 0.815. The van der Waals surface area contributed by atoms with Crippen LogP contribution in [0.4, 0.5) is 4.79 Å². The summed E-state index contributed by atoms with van der Waals surface area (Å²) in [6.07, 6.45) is 0. The van der Waals surface area contributed by atoms with E-state index in [0.717, 1.165) is 5.56 Å². The average Bonchev–Trinajstić information content (AvgIpc) is 2.37. The number of esters is 1. The molecule has 1 unspecified atom stereocenters. The number of carbonyl (C=O) groups is 2. The molecule has 104 valence electrons. The molecular formula is C13H17ClN2O3. The zero-order valence-corrected chi connectivity index (χ0v) is 11.7. The summed E-state index contributed by atoms with van der Waals surface area (Å²) in [5.41, 5.74) is 0.927. The van der Waals surface area contributed by atoms with Crippen molar-refractivity contribution >= 4 is 23.6 Å². The summed E-state index contributed by atoms with van der Waals surface area (Å²) in [7, 11) is 0. The van der Waals surface area contributed by atoms with Gasteiger partial charge in [0.1, 0.15) is 6.54 Å². The molecule has 5 nitrogen and oxygen atoms in total. The molecule has 0 fully saturated rings. The van der Waals surface area contributed by atoms with Crippen molar-refractivity contribution in [3.05, 3.63) is 34.9 Å². The minimum atomic E-state index is -0.461. The van der Waals surface area contributed by atoms with Gasteiger partial charge < -0.3 is 15.4 Å². The molecule has 0 aliphatic heterocycles. The van der Waals surface area contributed by atoms with Gasteiger partial charge in [-0.3, -0.25) is 4.79 Å². The van der Waals surface area contributed by atoms with Gasteiger partial charge >= 0.3 is 12.0 Å². The van der Waals surface area contributed by atoms with E-state index in [4.69, 9.17) is 16.3 Å². The summed E-state index contributed by atoms with van der Waals surface area (Å²) in [4.78, 5) is 22.6. The van der Waals surface area contributed by atoms with E-state index in [-0.39, 0.29) is 12.6 Å². The minimum absolute atomic E-state index is 0.146. The standard InChI is InChI=1S/C13H17ClN2O3/c1-3-19-12(17)8-15-13(18)16-9(2)10-4-6-11(14)7-5-10/h4-7,9H,3,8H2,1-2H3,(H2,15,16,18). The molecule has 1 aromatic rings. The molecule has 0 heterocycles. The molecule has 1 atom stereocenters. The van der Waals surface area contributed by atoms with Crippen LogP contribution in [0.25, 0.3) is 0 Å². The third-order valence-electron chi connectivity index (χ3n) is 2.42. The number of rotatable bonds is 5. The fraction of sp³-hybridized carbons (Fsp3) is 0.385. The van der Waals surface area contributed by atoms with E-state index in [2.05, 4.69) is 10.6 Å². The number of ether oxygens (including phenoxy) is 1. The lowest BCUT2D eigenvalue weighted by molar-refractivity contribution is -0.141. The second-order valence-electron chi connectivity index (χ2n) is 3.91. The van der Waals surface area contributed by atoms with Crippen LogP contribution in [-0.4, -0.2) is 25.2 Å². The van der Waals surface area contributed by atoms with Gasteiger partial charge in [-0.25, -0.2) is 4.79 Å². The fourth-order valence-electron chi connectivity index (χ4n) is 1.45. The van der Waals surface area contributed by atoms with Crippen molar-refractivity contribution in [1.29, 1.82) is 0 Å². The van der Waals surface area contributed by atoms with Gasteiger partial charge in [0, 0.05) is 5.02 Å². The van der Waals surface area contributed by atoms with E-state index in [0.29, 0.717) is 11.6 Å². The predicted molar refractivity (Wildman–Crippen MR) is 73.0 cm³/mol. The molecule has 0 bridgehead atoms. The summed E-state index contributed by atoms with van der Waals surface area (Å²) < 4.78 is 4.70. The molecule has 2 amide bonds. The number of amides is 2. The van der Waals surface area contributed by atoms with Gasteiger partial charge in [0.2, 0.25) is 0 Å². The van der Waals surface area contributed by atoms with Crippen molar-refractivity contribution in [2.24, 2.45) is 0 Å². The Labute approximate surface area is 117 Å². The van der Waals surface area contributed by atoms with Crippen LogP contribution in [0.5, 0.6) is 0 Å². The van der Waals surface area contributed by atoms with E-state index in [1.54, 1.807) is 19.1 Å². The highest BCUT2D eigenvalue weighted by atomic mass is 35.5. The molecular weight excluding hydrogens is 268 g/mol. The largest absolute Gasteiger partial charge is 0.465 e. The number of carbonyl (C=O) groups excluding carboxylic acids is 2. The molecule has 0 saturated carbocycles. The monoisotopic (exact) mass is 284 g/mol. The number of hydrogen-bond acceptors (Lipinski definition) is 3. The topological polar surface area (TPSA) is 67.4 Å². The van der Waals surface area contributed by atoms with Crippen LogP contribution < -0.4 is 10.6 Å². The highest BCUT2D eigenvalue weighted by Gasteiger charge is 2.10. The van der Waals surface area contributed by atoms with Gasteiger partial charge in [-0.1, -0.05) is 23.7 Å². The Morgan fingerprint density at radius 3 is 2.53 bits per heavy atom. The SMILES string of the molecule is CCOC(=O)CNC(=O)NC(C)c1ccc(Cl)cc1. The minimum Gasteiger partial charge on any atom is -0.465 e. The number of nitrogens with one attached hydrogen (secondary N) is 2. The smallest absolute Gasteiger partial charge is 0.325 e. The molecule has 0 aliphatic rings. The van der Waals surface area contributed by atoms with Crippen LogP contribution in [0.2, 0.25) is 5.02 Å². The molecule has 6 heteroatoms. The first kappa shape index (κ1) is 15.3. The lowest BCUT2D eigenvalue weighted by Crippen LogP contribution is -2.40. The maximum atomic E-state index is 11.5. The van der Waals surface area contributed by atoms with Crippen molar-refractivity contribution in [2.45, 2.75) is 19.9 Å². The first-order valence-electron chi connectivity index (χ1n) is 5.98. The zero-order chi connectivity index (χ0) is 14.3. The van der Waals surface area contributed by atoms with Crippen LogP contribution in [0.1, 0.15) is 25.5 Å². The van der Waals surface area contributed by atoms with Crippen molar-refractivity contribution < 1.29 is 14.3 Å². The van der Waals surface area contributed by atoms with E-state index < -0.39 is 12.0 Å². The lowest BCUT2D eigenvalue weighted by Gasteiger charge is -2.14. The Hall–Kier alpha value is -1.75. The highest BCUT2D eigenvalue weighted by Crippen LogP contribution is 2.15. The molecule has 1 aromatic carbocycles. The molecule has 0 radical (unpaired) electrons. The molecule has 0 aromatic heterocycles. The average molecular weight is 285 g/mol. The zero-order valence-electron chi connectivity index (χ0n) is 10.9. The third kappa shape index (κ3) is 5.61. The van der Waals surface area contributed by atoms with Gasteiger partial charge in [0.15, 0.2) is 0 Å². The highest BCUT2D eigenvalue weighted by molar-refractivity contribution is 6.30. The number of halogens is 1. The molecule has 1 rings (SSSR count). The molecule has 0 spiro atoms. The molecule has 2 N–H and O–H groups in total. The van der Waals surface area contributed by atoms with E-state index in [9.17, 15) is 9.59 Å². The Morgan fingerprint density at radius 1 is 1.32 bits per heavy atom. The normalized spacial score (nSPS) is 11.5. The maximum Gasteiger partial charge on any atom is 0.325 e. The van der Waals surface area contributed by atoms with Crippen LogP contribution in [0, 0.1) is 0 Å². The van der Waals surface area contributed by atoms with E-state index in [1.165, 1.54) is 0 Å². The second kappa shape index (κ2) is 7.63.